The van der Waals surface area contributed by atoms with E-state index in [2.05, 4.69) is 24.0 Å². The van der Waals surface area contributed by atoms with E-state index in [4.69, 9.17) is 9.72 Å². The molecule has 172 valence electrons. The maximum absolute atomic E-state index is 13.5. The first kappa shape index (κ1) is 24.7. The highest BCUT2D eigenvalue weighted by atomic mass is 35.5. The van der Waals surface area contributed by atoms with Gasteiger partial charge in [-0.2, -0.15) is 0 Å². The summed E-state index contributed by atoms with van der Waals surface area (Å²) in [6, 6.07) is 23.1. The number of nitrogens with zero attached hydrogens (tertiary/aromatic N) is 3. The van der Waals surface area contributed by atoms with Gasteiger partial charge < -0.3 is 9.64 Å². The van der Waals surface area contributed by atoms with E-state index in [1.807, 2.05) is 74.8 Å². The summed E-state index contributed by atoms with van der Waals surface area (Å²) in [7, 11) is 4.08. The van der Waals surface area contributed by atoms with E-state index >= 15 is 0 Å². The number of carbonyl (C=O) groups is 1. The minimum Gasteiger partial charge on any atom is -0.457 e. The maximum Gasteiger partial charge on any atom is 0.260 e. The summed E-state index contributed by atoms with van der Waals surface area (Å²) in [4.78, 5) is 22.2. The van der Waals surface area contributed by atoms with Crippen molar-refractivity contribution in [3.8, 4) is 11.5 Å². The molecule has 0 radical (unpaired) electrons. The first-order chi connectivity index (χ1) is 15.5. The van der Waals surface area contributed by atoms with Gasteiger partial charge in [0, 0.05) is 12.1 Å². The Morgan fingerprint density at radius 2 is 1.61 bits per heavy atom. The molecule has 0 bridgehead atoms. The molecule has 0 aliphatic rings. The first-order valence-corrected chi connectivity index (χ1v) is 11.5. The predicted molar refractivity (Wildman–Crippen MR) is 139 cm³/mol. The van der Waals surface area contributed by atoms with Gasteiger partial charge in [0.25, 0.3) is 5.91 Å². The molecule has 3 aromatic carbocycles. The van der Waals surface area contributed by atoms with E-state index in [1.54, 1.807) is 16.2 Å². The summed E-state index contributed by atoms with van der Waals surface area (Å²) in [6.07, 6.45) is 0.864. The number of hydrogen-bond donors (Lipinski definition) is 0. The summed E-state index contributed by atoms with van der Waals surface area (Å²) in [5, 5.41) is 0.739. The van der Waals surface area contributed by atoms with E-state index in [1.165, 1.54) is 0 Å². The van der Waals surface area contributed by atoms with E-state index < -0.39 is 0 Å². The topological polar surface area (TPSA) is 45.7 Å². The Kier molecular flexibility index (Phi) is 8.44. The minimum absolute atomic E-state index is 0. The summed E-state index contributed by atoms with van der Waals surface area (Å²) < 4.78 is 6.96. The number of aromatic nitrogens is 1. The third kappa shape index (κ3) is 6.11. The van der Waals surface area contributed by atoms with Crippen LogP contribution in [-0.2, 0) is 0 Å². The number of carbonyl (C=O) groups excluding carboxylic acids is 1. The smallest absolute Gasteiger partial charge is 0.260 e. The molecule has 1 amide bonds. The highest BCUT2D eigenvalue weighted by Crippen LogP contribution is 2.32. The molecule has 0 saturated carbocycles. The molecule has 0 unspecified atom stereocenters. The molecule has 33 heavy (non-hydrogen) atoms. The van der Waals surface area contributed by atoms with Crippen molar-refractivity contribution in [2.45, 2.75) is 13.3 Å². The molecule has 0 aliphatic carbocycles. The van der Waals surface area contributed by atoms with Crippen LogP contribution in [0.2, 0.25) is 0 Å². The van der Waals surface area contributed by atoms with Gasteiger partial charge in [-0.15, -0.1) is 12.4 Å². The van der Waals surface area contributed by atoms with E-state index in [0.29, 0.717) is 17.9 Å². The van der Waals surface area contributed by atoms with Crippen molar-refractivity contribution in [2.24, 2.45) is 0 Å². The molecule has 0 aliphatic heterocycles. The summed E-state index contributed by atoms with van der Waals surface area (Å²) >= 11 is 1.56. The number of amides is 1. The van der Waals surface area contributed by atoms with Crippen LogP contribution < -0.4 is 9.64 Å². The number of thiazole rings is 1. The summed E-state index contributed by atoms with van der Waals surface area (Å²) in [5.41, 5.74) is 2.70. The lowest BCUT2D eigenvalue weighted by atomic mass is 10.2. The zero-order chi connectivity index (χ0) is 22.5. The molecule has 0 atom stereocenters. The molecule has 1 heterocycles. The molecule has 0 spiro atoms. The highest BCUT2D eigenvalue weighted by molar-refractivity contribution is 7.22. The quantitative estimate of drug-likeness (QED) is 0.291. The van der Waals surface area contributed by atoms with Crippen LogP contribution in [0.1, 0.15) is 22.3 Å². The van der Waals surface area contributed by atoms with Crippen molar-refractivity contribution in [3.05, 3.63) is 83.9 Å². The van der Waals surface area contributed by atoms with Crippen LogP contribution in [0.4, 0.5) is 5.13 Å². The molecule has 7 heteroatoms. The summed E-state index contributed by atoms with van der Waals surface area (Å²) in [6.45, 7) is 3.56. The number of para-hydroxylation sites is 2. The minimum atomic E-state index is -0.0493. The van der Waals surface area contributed by atoms with Gasteiger partial charge >= 0.3 is 0 Å². The van der Waals surface area contributed by atoms with Gasteiger partial charge in [-0.1, -0.05) is 41.7 Å². The van der Waals surface area contributed by atoms with Gasteiger partial charge in [-0.05, 0) is 82.0 Å². The van der Waals surface area contributed by atoms with Crippen molar-refractivity contribution in [2.75, 3.05) is 32.1 Å². The molecule has 0 N–H and O–H groups in total. The number of hydrogen-bond acceptors (Lipinski definition) is 5. The lowest BCUT2D eigenvalue weighted by Gasteiger charge is -2.21. The molecular formula is C26H28ClN3O2S. The van der Waals surface area contributed by atoms with Crippen LogP contribution in [0.5, 0.6) is 11.5 Å². The van der Waals surface area contributed by atoms with Crippen molar-refractivity contribution in [3.63, 3.8) is 0 Å². The van der Waals surface area contributed by atoms with E-state index in [9.17, 15) is 4.79 Å². The largest absolute Gasteiger partial charge is 0.457 e. The third-order valence-corrected chi connectivity index (χ3v) is 6.20. The Bertz CT molecular complexity index is 1190. The predicted octanol–water partition coefficient (Wildman–Crippen LogP) is 6.42. The van der Waals surface area contributed by atoms with Crippen LogP contribution in [-0.4, -0.2) is 43.0 Å². The number of rotatable bonds is 8. The molecular weight excluding hydrogens is 454 g/mol. The van der Waals surface area contributed by atoms with Gasteiger partial charge in [0.05, 0.1) is 10.2 Å². The van der Waals surface area contributed by atoms with Crippen LogP contribution in [0.15, 0.2) is 72.8 Å². The fourth-order valence-corrected chi connectivity index (χ4v) is 4.53. The van der Waals surface area contributed by atoms with E-state index in [0.717, 1.165) is 39.6 Å². The standard InChI is InChI=1S/C26H27N3O2S.ClH/c1-19-9-7-12-23-24(19)27-26(32-23)29(18-8-17-28(2)3)25(30)20-13-15-22(16-14-20)31-21-10-5-4-6-11-21;/h4-7,9-16H,8,17-18H2,1-3H3;1H. The second-order valence-electron chi connectivity index (χ2n) is 7.97. The lowest BCUT2D eigenvalue weighted by Crippen LogP contribution is -2.33. The van der Waals surface area contributed by atoms with Gasteiger partial charge in [-0.25, -0.2) is 4.98 Å². The van der Waals surface area contributed by atoms with Gasteiger partial charge in [-0.3, -0.25) is 9.69 Å². The Balaban J connectivity index is 0.00000306. The third-order valence-electron chi connectivity index (χ3n) is 5.15. The summed E-state index contributed by atoms with van der Waals surface area (Å²) in [5.74, 6) is 1.41. The van der Waals surface area contributed by atoms with Crippen molar-refractivity contribution in [1.29, 1.82) is 0 Å². The van der Waals surface area contributed by atoms with Crippen LogP contribution in [0.3, 0.4) is 0 Å². The van der Waals surface area contributed by atoms with Crippen LogP contribution >= 0.6 is 23.7 Å². The van der Waals surface area contributed by atoms with Crippen molar-refractivity contribution < 1.29 is 9.53 Å². The fraction of sp³-hybridized carbons (Fsp3) is 0.231. The normalized spacial score (nSPS) is 10.8. The Labute approximate surface area is 205 Å². The van der Waals surface area contributed by atoms with Crippen LogP contribution in [0, 0.1) is 6.92 Å². The first-order valence-electron chi connectivity index (χ1n) is 10.7. The average molecular weight is 482 g/mol. The number of anilines is 1. The fourth-order valence-electron chi connectivity index (χ4n) is 3.47. The number of halogens is 1. The second-order valence-corrected chi connectivity index (χ2v) is 8.98. The number of ether oxygens (including phenoxy) is 1. The zero-order valence-electron chi connectivity index (χ0n) is 19.0. The molecule has 0 fully saturated rings. The van der Waals surface area contributed by atoms with Crippen LogP contribution in [0.25, 0.3) is 10.2 Å². The van der Waals surface area contributed by atoms with Gasteiger partial charge in [0.15, 0.2) is 5.13 Å². The van der Waals surface area contributed by atoms with Gasteiger partial charge in [0.1, 0.15) is 11.5 Å². The van der Waals surface area contributed by atoms with Crippen molar-refractivity contribution in [1.82, 2.24) is 9.88 Å². The number of benzene rings is 3. The van der Waals surface area contributed by atoms with Gasteiger partial charge in [0.2, 0.25) is 0 Å². The van der Waals surface area contributed by atoms with Crippen molar-refractivity contribution >= 4 is 45.0 Å². The number of fused-ring (bicyclic) bond motifs is 1. The Hall–Kier alpha value is -2.93. The monoisotopic (exact) mass is 481 g/mol. The number of aryl methyl sites for hydroxylation is 1. The molecule has 4 aromatic rings. The Morgan fingerprint density at radius 1 is 0.909 bits per heavy atom. The molecule has 5 nitrogen and oxygen atoms in total. The molecule has 0 saturated heterocycles. The molecule has 1 aromatic heterocycles. The SMILES string of the molecule is Cc1cccc2sc(N(CCCN(C)C)C(=O)c3ccc(Oc4ccccc4)cc3)nc12.Cl. The average Bonchev–Trinajstić information content (AvgIpc) is 3.23. The lowest BCUT2D eigenvalue weighted by molar-refractivity contribution is 0.0986. The Morgan fingerprint density at radius 3 is 2.27 bits per heavy atom. The maximum atomic E-state index is 13.5. The highest BCUT2D eigenvalue weighted by Gasteiger charge is 2.21. The van der Waals surface area contributed by atoms with E-state index in [-0.39, 0.29) is 18.3 Å². The second kappa shape index (κ2) is 11.3. The molecule has 4 rings (SSSR count). The zero-order valence-corrected chi connectivity index (χ0v) is 20.7.